The Balaban J connectivity index is 1.52. The molecule has 0 aliphatic carbocycles. The molecule has 1 aromatic carbocycles. The van der Waals surface area contributed by atoms with Crippen molar-refractivity contribution in [2.75, 3.05) is 19.6 Å². The lowest BCUT2D eigenvalue weighted by atomic mass is 9.76. The summed E-state index contributed by atoms with van der Waals surface area (Å²) in [4.78, 5) is 14.8. The molecule has 3 rings (SSSR count). The Labute approximate surface area is 149 Å². The smallest absolute Gasteiger partial charge is 0.252 e. The summed E-state index contributed by atoms with van der Waals surface area (Å²) >= 11 is 0. The molecule has 2 heterocycles. The second-order valence-corrected chi connectivity index (χ2v) is 6.93. The molecule has 1 amide bonds. The fourth-order valence-corrected chi connectivity index (χ4v) is 3.48. The van der Waals surface area contributed by atoms with E-state index in [0.717, 1.165) is 45.4 Å². The van der Waals surface area contributed by atoms with Crippen LogP contribution in [-0.2, 0) is 6.54 Å². The van der Waals surface area contributed by atoms with Gasteiger partial charge in [0.2, 0.25) is 0 Å². The molecule has 0 atom stereocenters. The first kappa shape index (κ1) is 17.5. The van der Waals surface area contributed by atoms with Gasteiger partial charge >= 0.3 is 0 Å². The summed E-state index contributed by atoms with van der Waals surface area (Å²) in [5.74, 6) is -0.0607. The molecule has 0 radical (unpaired) electrons. The maximum absolute atomic E-state index is 12.3. The molecule has 0 saturated carbocycles. The molecule has 1 N–H and O–H groups in total. The maximum Gasteiger partial charge on any atom is 0.252 e. The highest BCUT2D eigenvalue weighted by Crippen LogP contribution is 2.34. The van der Waals surface area contributed by atoms with Crippen molar-refractivity contribution in [3.63, 3.8) is 0 Å². The number of hydrogen-bond donors (Lipinski definition) is 1. The van der Waals surface area contributed by atoms with E-state index in [1.165, 1.54) is 11.8 Å². The minimum absolute atomic E-state index is 0.0607. The maximum atomic E-state index is 12.3. The molecule has 0 unspecified atom stereocenters. The van der Waals surface area contributed by atoms with Crippen molar-refractivity contribution in [2.24, 2.45) is 5.41 Å². The van der Waals surface area contributed by atoms with Gasteiger partial charge in [-0.25, -0.2) is 0 Å². The van der Waals surface area contributed by atoms with Crippen molar-refractivity contribution < 1.29 is 4.79 Å². The molecule has 0 spiro atoms. The highest BCUT2D eigenvalue weighted by Gasteiger charge is 2.33. The monoisotopic (exact) mass is 338 g/mol. The van der Waals surface area contributed by atoms with Gasteiger partial charge in [0.1, 0.15) is 0 Å². The van der Waals surface area contributed by atoms with E-state index in [9.17, 15) is 4.79 Å². The van der Waals surface area contributed by atoms with Crippen LogP contribution in [0.25, 0.3) is 0 Å². The Morgan fingerprint density at radius 3 is 2.56 bits per heavy atom. The molecule has 2 aromatic rings. The highest BCUT2D eigenvalue weighted by molar-refractivity contribution is 5.93. The fraction of sp³-hybridized carbons (Fsp3) is 0.450. The summed E-state index contributed by atoms with van der Waals surface area (Å²) in [6.45, 7) is 6.12. The molecule has 1 aliphatic rings. The summed E-state index contributed by atoms with van der Waals surface area (Å²) in [7, 11) is 0. The van der Waals surface area contributed by atoms with Crippen molar-refractivity contribution >= 4 is 5.91 Å². The summed E-state index contributed by atoms with van der Waals surface area (Å²) in [5.41, 5.74) is 2.14. The average Bonchev–Trinajstić information content (AvgIpc) is 2.69. The summed E-state index contributed by atoms with van der Waals surface area (Å²) in [6, 6.07) is 12.3. The van der Waals surface area contributed by atoms with E-state index in [0.29, 0.717) is 5.56 Å². The third kappa shape index (κ3) is 4.63. The van der Waals surface area contributed by atoms with Crippen LogP contribution in [0.3, 0.4) is 0 Å². The molecule has 1 saturated heterocycles. The van der Waals surface area contributed by atoms with Gasteiger partial charge in [-0.3, -0.25) is 9.69 Å². The van der Waals surface area contributed by atoms with E-state index in [-0.39, 0.29) is 11.3 Å². The molecular formula is C20H26N4O. The van der Waals surface area contributed by atoms with Crippen LogP contribution in [0.5, 0.6) is 0 Å². The van der Waals surface area contributed by atoms with E-state index in [4.69, 9.17) is 0 Å². The first-order valence-corrected chi connectivity index (χ1v) is 9.02. The van der Waals surface area contributed by atoms with Crippen LogP contribution in [0.2, 0.25) is 0 Å². The SMILES string of the molecule is CCC1(CNC(=O)c2ccnnc2)CCN(Cc2ccccc2)CC1. The molecule has 1 aromatic heterocycles. The van der Waals surface area contributed by atoms with Crippen LogP contribution in [0.4, 0.5) is 0 Å². The Morgan fingerprint density at radius 2 is 1.92 bits per heavy atom. The van der Waals surface area contributed by atoms with Crippen LogP contribution >= 0.6 is 0 Å². The van der Waals surface area contributed by atoms with Crippen LogP contribution in [0.1, 0.15) is 42.1 Å². The van der Waals surface area contributed by atoms with Crippen LogP contribution < -0.4 is 5.32 Å². The molecular weight excluding hydrogens is 312 g/mol. The van der Waals surface area contributed by atoms with Gasteiger partial charge in [-0.15, -0.1) is 0 Å². The van der Waals surface area contributed by atoms with Gasteiger partial charge in [0, 0.05) is 13.1 Å². The lowest BCUT2D eigenvalue weighted by Gasteiger charge is -2.41. The largest absolute Gasteiger partial charge is 0.351 e. The molecule has 5 heteroatoms. The molecule has 25 heavy (non-hydrogen) atoms. The number of benzene rings is 1. The van der Waals surface area contributed by atoms with Crippen LogP contribution in [-0.4, -0.2) is 40.6 Å². The number of nitrogens with one attached hydrogen (secondary N) is 1. The van der Waals surface area contributed by atoms with Gasteiger partial charge in [0.15, 0.2) is 0 Å². The van der Waals surface area contributed by atoms with Gasteiger partial charge in [-0.05, 0) is 49.4 Å². The number of aromatic nitrogens is 2. The topological polar surface area (TPSA) is 58.1 Å². The fourth-order valence-electron chi connectivity index (χ4n) is 3.48. The third-order valence-electron chi connectivity index (χ3n) is 5.39. The van der Waals surface area contributed by atoms with E-state index >= 15 is 0 Å². The van der Waals surface area contributed by atoms with E-state index in [1.807, 2.05) is 0 Å². The molecule has 5 nitrogen and oxygen atoms in total. The number of likely N-dealkylation sites (tertiary alicyclic amines) is 1. The minimum atomic E-state index is -0.0607. The molecule has 0 bridgehead atoms. The zero-order valence-electron chi connectivity index (χ0n) is 14.8. The standard InChI is InChI=1S/C20H26N4O/c1-2-20(16-21-19(25)18-8-11-22-23-14-18)9-12-24(13-10-20)15-17-6-4-3-5-7-17/h3-8,11,14H,2,9-10,12-13,15-16H2,1H3,(H,21,25). The normalized spacial score (nSPS) is 17.2. The Kier molecular flexibility index (Phi) is 5.76. The lowest BCUT2D eigenvalue weighted by Crippen LogP contribution is -2.45. The Morgan fingerprint density at radius 1 is 1.16 bits per heavy atom. The summed E-state index contributed by atoms with van der Waals surface area (Å²) in [6.07, 6.45) is 6.38. The summed E-state index contributed by atoms with van der Waals surface area (Å²) < 4.78 is 0. The zero-order chi connectivity index (χ0) is 17.5. The third-order valence-corrected chi connectivity index (χ3v) is 5.39. The Hall–Kier alpha value is -2.27. The van der Waals surface area contributed by atoms with E-state index in [2.05, 4.69) is 57.7 Å². The summed E-state index contributed by atoms with van der Waals surface area (Å²) in [5, 5.41) is 10.6. The van der Waals surface area contributed by atoms with Crippen molar-refractivity contribution in [1.29, 1.82) is 0 Å². The molecule has 132 valence electrons. The van der Waals surface area contributed by atoms with Crippen molar-refractivity contribution in [2.45, 2.75) is 32.7 Å². The Bertz CT molecular complexity index is 667. The predicted octanol–water partition coefficient (Wildman–Crippen LogP) is 2.90. The van der Waals surface area contributed by atoms with Crippen LogP contribution in [0.15, 0.2) is 48.8 Å². The van der Waals surface area contributed by atoms with Gasteiger partial charge < -0.3 is 5.32 Å². The van der Waals surface area contributed by atoms with Gasteiger partial charge in [-0.2, -0.15) is 10.2 Å². The number of rotatable bonds is 6. The van der Waals surface area contributed by atoms with E-state index in [1.54, 1.807) is 12.3 Å². The number of nitrogens with zero attached hydrogens (tertiary/aromatic N) is 3. The minimum Gasteiger partial charge on any atom is -0.351 e. The number of piperidine rings is 1. The highest BCUT2D eigenvalue weighted by atomic mass is 16.1. The molecule has 1 aliphatic heterocycles. The first-order valence-electron chi connectivity index (χ1n) is 9.02. The number of amides is 1. The lowest BCUT2D eigenvalue weighted by molar-refractivity contribution is 0.0790. The van der Waals surface area contributed by atoms with Crippen LogP contribution in [0, 0.1) is 5.41 Å². The van der Waals surface area contributed by atoms with Crippen molar-refractivity contribution in [1.82, 2.24) is 20.4 Å². The second kappa shape index (κ2) is 8.21. The van der Waals surface area contributed by atoms with Crippen molar-refractivity contribution in [3.8, 4) is 0 Å². The quantitative estimate of drug-likeness (QED) is 0.880. The molecule has 1 fully saturated rings. The van der Waals surface area contributed by atoms with Gasteiger partial charge in [-0.1, -0.05) is 37.3 Å². The second-order valence-electron chi connectivity index (χ2n) is 6.93. The number of carbonyl (C=O) groups is 1. The number of hydrogen-bond acceptors (Lipinski definition) is 4. The van der Waals surface area contributed by atoms with Gasteiger partial charge in [0.05, 0.1) is 18.0 Å². The van der Waals surface area contributed by atoms with E-state index < -0.39 is 0 Å². The average molecular weight is 338 g/mol. The van der Waals surface area contributed by atoms with Crippen molar-refractivity contribution in [3.05, 3.63) is 59.9 Å². The first-order chi connectivity index (χ1) is 12.2. The van der Waals surface area contributed by atoms with Gasteiger partial charge in [0.25, 0.3) is 5.91 Å². The zero-order valence-corrected chi connectivity index (χ0v) is 14.8. The predicted molar refractivity (Wildman–Crippen MR) is 98.0 cm³/mol. The number of carbonyl (C=O) groups excluding carboxylic acids is 1.